The van der Waals surface area contributed by atoms with E-state index in [2.05, 4.69) is 0 Å². The highest BCUT2D eigenvalue weighted by atomic mass is 19.1. The standard InChI is InChI=1S/C13H21FN2O2/c1-8(2)18-13-6-12(11(15)5-10(13)14)16(4)9(3)7-17/h5-6,8-9,17H,7,15H2,1-4H3. The van der Waals surface area contributed by atoms with Crippen LogP contribution in [0.5, 0.6) is 5.75 Å². The zero-order valence-corrected chi connectivity index (χ0v) is 11.3. The van der Waals surface area contributed by atoms with Crippen molar-refractivity contribution in [3.05, 3.63) is 17.9 Å². The number of ether oxygens (including phenoxy) is 1. The summed E-state index contributed by atoms with van der Waals surface area (Å²) in [5, 5.41) is 9.14. The Morgan fingerprint density at radius 1 is 1.39 bits per heavy atom. The monoisotopic (exact) mass is 256 g/mol. The summed E-state index contributed by atoms with van der Waals surface area (Å²) >= 11 is 0. The van der Waals surface area contributed by atoms with Crippen molar-refractivity contribution in [1.29, 1.82) is 0 Å². The van der Waals surface area contributed by atoms with Crippen LogP contribution in [0.3, 0.4) is 0 Å². The fraction of sp³-hybridized carbons (Fsp3) is 0.538. The van der Waals surface area contributed by atoms with Gasteiger partial charge in [-0.1, -0.05) is 0 Å². The first-order chi connectivity index (χ1) is 8.36. The van der Waals surface area contributed by atoms with Crippen molar-refractivity contribution in [2.45, 2.75) is 32.9 Å². The summed E-state index contributed by atoms with van der Waals surface area (Å²) in [6.45, 7) is 5.50. The van der Waals surface area contributed by atoms with E-state index in [1.165, 1.54) is 6.07 Å². The van der Waals surface area contributed by atoms with Crippen LogP contribution in [0.15, 0.2) is 12.1 Å². The molecule has 3 N–H and O–H groups in total. The normalized spacial score (nSPS) is 12.6. The number of nitrogens with two attached hydrogens (primary N) is 1. The van der Waals surface area contributed by atoms with Gasteiger partial charge in [0, 0.05) is 25.2 Å². The van der Waals surface area contributed by atoms with Gasteiger partial charge in [0.2, 0.25) is 0 Å². The molecule has 0 aliphatic rings. The van der Waals surface area contributed by atoms with Gasteiger partial charge < -0.3 is 20.5 Å². The molecule has 0 fully saturated rings. The largest absolute Gasteiger partial charge is 0.488 e. The van der Waals surface area contributed by atoms with Gasteiger partial charge >= 0.3 is 0 Å². The highest BCUT2D eigenvalue weighted by molar-refractivity contribution is 5.70. The molecule has 0 aliphatic carbocycles. The van der Waals surface area contributed by atoms with Crippen LogP contribution in [0.4, 0.5) is 15.8 Å². The van der Waals surface area contributed by atoms with Gasteiger partial charge in [0.05, 0.1) is 24.1 Å². The van der Waals surface area contributed by atoms with Gasteiger partial charge in [-0.3, -0.25) is 0 Å². The molecule has 0 bridgehead atoms. The number of nitrogens with zero attached hydrogens (tertiary/aromatic N) is 1. The minimum Gasteiger partial charge on any atom is -0.488 e. The lowest BCUT2D eigenvalue weighted by molar-refractivity contribution is 0.231. The summed E-state index contributed by atoms with van der Waals surface area (Å²) in [6.07, 6.45) is -0.114. The Labute approximate surface area is 107 Å². The van der Waals surface area contributed by atoms with Crippen LogP contribution in [0, 0.1) is 5.82 Å². The van der Waals surface area contributed by atoms with E-state index in [0.717, 1.165) is 0 Å². The number of hydrogen-bond acceptors (Lipinski definition) is 4. The van der Waals surface area contributed by atoms with Gasteiger partial charge in [0.15, 0.2) is 11.6 Å². The summed E-state index contributed by atoms with van der Waals surface area (Å²) < 4.78 is 19.0. The van der Waals surface area contributed by atoms with Crippen LogP contribution in [0.1, 0.15) is 20.8 Å². The molecular weight excluding hydrogens is 235 g/mol. The van der Waals surface area contributed by atoms with E-state index in [-0.39, 0.29) is 24.5 Å². The third-order valence-electron chi connectivity index (χ3n) is 2.75. The molecule has 1 aromatic rings. The molecule has 1 unspecified atom stereocenters. The first kappa shape index (κ1) is 14.6. The van der Waals surface area contributed by atoms with Crippen molar-refractivity contribution < 1.29 is 14.2 Å². The first-order valence-corrected chi connectivity index (χ1v) is 5.96. The average Bonchev–Trinajstić information content (AvgIpc) is 2.30. The number of benzene rings is 1. The highest BCUT2D eigenvalue weighted by Crippen LogP contribution is 2.31. The Morgan fingerprint density at radius 3 is 2.50 bits per heavy atom. The maximum Gasteiger partial charge on any atom is 0.167 e. The molecule has 1 aromatic carbocycles. The third kappa shape index (κ3) is 3.26. The maximum absolute atomic E-state index is 13.7. The average molecular weight is 256 g/mol. The van der Waals surface area contributed by atoms with E-state index in [1.807, 2.05) is 20.8 Å². The molecular formula is C13H21FN2O2. The van der Waals surface area contributed by atoms with E-state index < -0.39 is 5.82 Å². The van der Waals surface area contributed by atoms with Crippen LogP contribution < -0.4 is 15.4 Å². The van der Waals surface area contributed by atoms with Crippen LogP contribution in [0.2, 0.25) is 0 Å². The number of hydrogen-bond donors (Lipinski definition) is 2. The molecule has 0 saturated heterocycles. The maximum atomic E-state index is 13.7. The Kier molecular flexibility index (Phi) is 4.78. The number of nitrogen functional groups attached to an aromatic ring is 1. The first-order valence-electron chi connectivity index (χ1n) is 5.96. The Bertz CT molecular complexity index is 410. The van der Waals surface area contributed by atoms with Crippen molar-refractivity contribution in [3.8, 4) is 5.75 Å². The second-order valence-corrected chi connectivity index (χ2v) is 4.65. The smallest absolute Gasteiger partial charge is 0.167 e. The van der Waals surface area contributed by atoms with E-state index in [4.69, 9.17) is 15.6 Å². The van der Waals surface area contributed by atoms with Crippen molar-refractivity contribution in [2.24, 2.45) is 0 Å². The second kappa shape index (κ2) is 5.91. The quantitative estimate of drug-likeness (QED) is 0.791. The van der Waals surface area contributed by atoms with E-state index >= 15 is 0 Å². The molecule has 18 heavy (non-hydrogen) atoms. The molecule has 1 rings (SSSR count). The zero-order chi connectivity index (χ0) is 13.9. The number of likely N-dealkylation sites (N-methyl/N-ethyl adjacent to an activating group) is 1. The predicted molar refractivity (Wildman–Crippen MR) is 71.5 cm³/mol. The van der Waals surface area contributed by atoms with Crippen LogP contribution >= 0.6 is 0 Å². The number of halogens is 1. The molecule has 102 valence electrons. The second-order valence-electron chi connectivity index (χ2n) is 4.65. The van der Waals surface area contributed by atoms with Gasteiger partial charge in [0.25, 0.3) is 0 Å². The van der Waals surface area contributed by atoms with Crippen LogP contribution in [-0.4, -0.2) is 30.9 Å². The SMILES string of the molecule is CC(C)Oc1cc(N(C)C(C)CO)c(N)cc1F. The highest BCUT2D eigenvalue weighted by Gasteiger charge is 2.16. The van der Waals surface area contributed by atoms with E-state index in [1.54, 1.807) is 18.0 Å². The summed E-state index contributed by atoms with van der Waals surface area (Å²) in [5.41, 5.74) is 6.77. The number of aliphatic hydroxyl groups is 1. The summed E-state index contributed by atoms with van der Waals surface area (Å²) in [7, 11) is 1.80. The number of rotatable bonds is 5. The number of aliphatic hydroxyl groups excluding tert-OH is 1. The lowest BCUT2D eigenvalue weighted by atomic mass is 10.2. The predicted octanol–water partition coefficient (Wildman–Crippen LogP) is 2.01. The van der Waals surface area contributed by atoms with Crippen molar-refractivity contribution in [2.75, 3.05) is 24.3 Å². The molecule has 0 heterocycles. The minimum absolute atomic E-state index is 0.00626. The lowest BCUT2D eigenvalue weighted by Crippen LogP contribution is -2.32. The van der Waals surface area contributed by atoms with Gasteiger partial charge in [-0.05, 0) is 20.8 Å². The molecule has 1 atom stereocenters. The fourth-order valence-corrected chi connectivity index (χ4v) is 1.57. The summed E-state index contributed by atoms with van der Waals surface area (Å²) in [5.74, 6) is -0.304. The Hall–Kier alpha value is -1.49. The Balaban J connectivity index is 3.12. The molecule has 0 radical (unpaired) electrons. The van der Waals surface area contributed by atoms with Crippen molar-refractivity contribution in [3.63, 3.8) is 0 Å². The molecule has 5 heteroatoms. The fourth-order valence-electron chi connectivity index (χ4n) is 1.57. The number of anilines is 2. The molecule has 0 spiro atoms. The van der Waals surface area contributed by atoms with E-state index in [0.29, 0.717) is 11.4 Å². The third-order valence-corrected chi connectivity index (χ3v) is 2.75. The minimum atomic E-state index is -0.477. The van der Waals surface area contributed by atoms with Crippen LogP contribution in [0.25, 0.3) is 0 Å². The van der Waals surface area contributed by atoms with Gasteiger partial charge in [-0.2, -0.15) is 0 Å². The summed E-state index contributed by atoms with van der Waals surface area (Å²) in [4.78, 5) is 1.79. The van der Waals surface area contributed by atoms with Crippen molar-refractivity contribution in [1.82, 2.24) is 0 Å². The molecule has 0 amide bonds. The van der Waals surface area contributed by atoms with Gasteiger partial charge in [0.1, 0.15) is 0 Å². The molecule has 4 nitrogen and oxygen atoms in total. The molecule has 0 saturated carbocycles. The van der Waals surface area contributed by atoms with Gasteiger partial charge in [-0.15, -0.1) is 0 Å². The summed E-state index contributed by atoms with van der Waals surface area (Å²) in [6, 6.07) is 2.70. The lowest BCUT2D eigenvalue weighted by Gasteiger charge is -2.27. The van der Waals surface area contributed by atoms with Crippen molar-refractivity contribution >= 4 is 11.4 Å². The Morgan fingerprint density at radius 2 is 2.00 bits per heavy atom. The van der Waals surface area contributed by atoms with Gasteiger partial charge in [-0.25, -0.2) is 4.39 Å². The van der Waals surface area contributed by atoms with Crippen LogP contribution in [-0.2, 0) is 0 Å². The van der Waals surface area contributed by atoms with E-state index in [9.17, 15) is 4.39 Å². The molecule has 0 aliphatic heterocycles. The topological polar surface area (TPSA) is 58.7 Å². The zero-order valence-electron chi connectivity index (χ0n) is 11.3. The molecule has 0 aromatic heterocycles.